The fraction of sp³-hybridized carbons (Fsp3) is 0.667. The fourth-order valence-electron chi connectivity index (χ4n) is 1.60. The number of carbonyl (C=O) groups is 1. The molecule has 5 nitrogen and oxygen atoms in total. The van der Waals surface area contributed by atoms with Crippen LogP contribution in [-0.4, -0.2) is 25.2 Å². The molecule has 0 radical (unpaired) electrons. The van der Waals surface area contributed by atoms with Gasteiger partial charge < -0.3 is 15.2 Å². The Morgan fingerprint density at radius 3 is 2.44 bits per heavy atom. The summed E-state index contributed by atoms with van der Waals surface area (Å²) < 4.78 is 9.80. The first kappa shape index (κ1) is 15.1. The molecule has 0 aromatic carbocycles. The van der Waals surface area contributed by atoms with E-state index in [-0.39, 0.29) is 12.6 Å². The average Bonchev–Trinajstić information content (AvgIpc) is 2.82. The zero-order chi connectivity index (χ0) is 13.8. The minimum Gasteiger partial charge on any atom is -0.465 e. The summed E-state index contributed by atoms with van der Waals surface area (Å²) in [6, 6.07) is 0. The van der Waals surface area contributed by atoms with Crippen LogP contribution in [0.5, 0.6) is 0 Å². The average molecular weight is 272 g/mol. The second-order valence-electron chi connectivity index (χ2n) is 4.08. The molecule has 1 rings (SSSR count). The summed E-state index contributed by atoms with van der Waals surface area (Å²) in [5, 5.41) is 0.764. The second kappa shape index (κ2) is 6.26. The summed E-state index contributed by atoms with van der Waals surface area (Å²) in [6.07, 6.45) is 1.54. The van der Waals surface area contributed by atoms with Gasteiger partial charge in [0.1, 0.15) is 9.88 Å². The van der Waals surface area contributed by atoms with Crippen molar-refractivity contribution in [3.05, 3.63) is 15.6 Å². The maximum Gasteiger partial charge on any atom is 0.350 e. The minimum atomic E-state index is -0.487. The number of carbonyl (C=O) groups excluding carboxylic acids is 1. The normalized spacial score (nSPS) is 11.6. The van der Waals surface area contributed by atoms with Gasteiger partial charge in [-0.25, -0.2) is 9.78 Å². The summed E-state index contributed by atoms with van der Waals surface area (Å²) in [5.41, 5.74) is 6.40. The van der Waals surface area contributed by atoms with Gasteiger partial charge in [0.25, 0.3) is 0 Å². The number of rotatable bonds is 6. The zero-order valence-electron chi connectivity index (χ0n) is 11.3. The molecule has 0 unspecified atom stereocenters. The molecule has 0 saturated carbocycles. The molecule has 0 atom stereocenters. The smallest absolute Gasteiger partial charge is 0.350 e. The second-order valence-corrected chi connectivity index (χ2v) is 5.08. The van der Waals surface area contributed by atoms with Crippen LogP contribution in [-0.2, 0) is 21.6 Å². The van der Waals surface area contributed by atoms with E-state index in [1.54, 1.807) is 7.11 Å². The highest BCUT2D eigenvalue weighted by atomic mass is 32.1. The quantitative estimate of drug-likeness (QED) is 0.802. The predicted octanol–water partition coefficient (Wildman–Crippen LogP) is 2.05. The number of esters is 1. The van der Waals surface area contributed by atoms with Crippen LogP contribution in [0, 0.1) is 0 Å². The third-order valence-corrected chi connectivity index (χ3v) is 4.33. The number of methoxy groups -OCH3 is 2. The van der Waals surface area contributed by atoms with Gasteiger partial charge in [-0.1, -0.05) is 13.8 Å². The Kier molecular flexibility index (Phi) is 5.25. The molecule has 6 heteroatoms. The van der Waals surface area contributed by atoms with E-state index in [4.69, 9.17) is 15.2 Å². The number of hydrogen-bond acceptors (Lipinski definition) is 6. The highest BCUT2D eigenvalue weighted by Crippen LogP contribution is 2.32. The molecule has 0 amide bonds. The molecule has 1 heterocycles. The van der Waals surface area contributed by atoms with E-state index in [1.165, 1.54) is 18.4 Å². The molecular weight excluding hydrogens is 252 g/mol. The van der Waals surface area contributed by atoms with E-state index in [0.29, 0.717) is 10.6 Å². The first-order chi connectivity index (χ1) is 8.52. The van der Waals surface area contributed by atoms with Crippen molar-refractivity contribution in [2.45, 2.75) is 38.8 Å². The van der Waals surface area contributed by atoms with Crippen molar-refractivity contribution in [1.82, 2.24) is 4.98 Å². The van der Waals surface area contributed by atoms with Gasteiger partial charge in [-0.05, 0) is 12.8 Å². The SMILES string of the molecule is CCC(N)(CC)c1nc(COC)c(C(=O)OC)s1. The first-order valence-corrected chi connectivity index (χ1v) is 6.70. The highest BCUT2D eigenvalue weighted by molar-refractivity contribution is 7.13. The summed E-state index contributed by atoms with van der Waals surface area (Å²) >= 11 is 1.30. The summed E-state index contributed by atoms with van der Waals surface area (Å²) in [4.78, 5) is 16.6. The van der Waals surface area contributed by atoms with Gasteiger partial charge in [-0.15, -0.1) is 11.3 Å². The molecule has 1 aromatic heterocycles. The summed E-state index contributed by atoms with van der Waals surface area (Å²) in [6.45, 7) is 4.31. The lowest BCUT2D eigenvalue weighted by Crippen LogP contribution is -2.34. The molecule has 0 saturated heterocycles. The molecule has 0 aliphatic heterocycles. The van der Waals surface area contributed by atoms with Gasteiger partial charge in [0.05, 0.1) is 24.9 Å². The molecular formula is C12H20N2O3S. The Labute approximate surface area is 111 Å². The van der Waals surface area contributed by atoms with E-state index in [1.807, 2.05) is 13.8 Å². The third-order valence-electron chi connectivity index (χ3n) is 3.04. The van der Waals surface area contributed by atoms with Crippen molar-refractivity contribution in [3.8, 4) is 0 Å². The van der Waals surface area contributed by atoms with Gasteiger partial charge in [0.2, 0.25) is 0 Å². The number of nitrogens with two attached hydrogens (primary N) is 1. The van der Waals surface area contributed by atoms with Gasteiger partial charge in [-0.3, -0.25) is 0 Å². The third kappa shape index (κ3) is 2.88. The molecule has 0 aliphatic carbocycles. The van der Waals surface area contributed by atoms with Gasteiger partial charge in [0.15, 0.2) is 0 Å². The Morgan fingerprint density at radius 1 is 1.39 bits per heavy atom. The molecule has 0 fully saturated rings. The van der Waals surface area contributed by atoms with Crippen LogP contribution in [0.3, 0.4) is 0 Å². The van der Waals surface area contributed by atoms with Crippen molar-refractivity contribution >= 4 is 17.3 Å². The van der Waals surface area contributed by atoms with E-state index >= 15 is 0 Å². The molecule has 0 aliphatic rings. The molecule has 102 valence electrons. The van der Waals surface area contributed by atoms with E-state index < -0.39 is 5.54 Å². The van der Waals surface area contributed by atoms with Crippen LogP contribution in [0.15, 0.2) is 0 Å². The Hall–Kier alpha value is -0.980. The number of aromatic nitrogens is 1. The number of thiazole rings is 1. The molecule has 0 spiro atoms. The first-order valence-electron chi connectivity index (χ1n) is 5.88. The summed E-state index contributed by atoms with van der Waals surface area (Å²) in [5.74, 6) is -0.389. The van der Waals surface area contributed by atoms with Gasteiger partial charge >= 0.3 is 5.97 Å². The maximum absolute atomic E-state index is 11.7. The van der Waals surface area contributed by atoms with Crippen molar-refractivity contribution in [3.63, 3.8) is 0 Å². The van der Waals surface area contributed by atoms with Crippen LogP contribution in [0.25, 0.3) is 0 Å². The Bertz CT molecular complexity index is 413. The van der Waals surface area contributed by atoms with E-state index in [0.717, 1.165) is 17.8 Å². The van der Waals surface area contributed by atoms with Crippen molar-refractivity contribution in [1.29, 1.82) is 0 Å². The van der Waals surface area contributed by atoms with Gasteiger partial charge in [0, 0.05) is 7.11 Å². The topological polar surface area (TPSA) is 74.4 Å². The number of hydrogen-bond donors (Lipinski definition) is 1. The van der Waals surface area contributed by atoms with Crippen molar-refractivity contribution < 1.29 is 14.3 Å². The lowest BCUT2D eigenvalue weighted by Gasteiger charge is -2.23. The maximum atomic E-state index is 11.7. The van der Waals surface area contributed by atoms with Crippen LogP contribution in [0.2, 0.25) is 0 Å². The van der Waals surface area contributed by atoms with Crippen molar-refractivity contribution in [2.75, 3.05) is 14.2 Å². The largest absolute Gasteiger partial charge is 0.465 e. The predicted molar refractivity (Wildman–Crippen MR) is 70.6 cm³/mol. The lowest BCUT2D eigenvalue weighted by atomic mass is 9.95. The van der Waals surface area contributed by atoms with Crippen LogP contribution in [0.1, 0.15) is 47.1 Å². The van der Waals surface area contributed by atoms with Gasteiger partial charge in [-0.2, -0.15) is 0 Å². The number of nitrogens with zero attached hydrogens (tertiary/aromatic N) is 1. The zero-order valence-corrected chi connectivity index (χ0v) is 12.1. The van der Waals surface area contributed by atoms with E-state index in [2.05, 4.69) is 4.98 Å². The molecule has 2 N–H and O–H groups in total. The molecule has 1 aromatic rings. The highest BCUT2D eigenvalue weighted by Gasteiger charge is 2.30. The van der Waals surface area contributed by atoms with E-state index in [9.17, 15) is 4.79 Å². The fourth-order valence-corrected chi connectivity index (χ4v) is 2.83. The lowest BCUT2D eigenvalue weighted by molar-refractivity contribution is 0.0601. The molecule has 0 bridgehead atoms. The number of ether oxygens (including phenoxy) is 2. The monoisotopic (exact) mass is 272 g/mol. The van der Waals surface area contributed by atoms with Crippen molar-refractivity contribution in [2.24, 2.45) is 5.73 Å². The van der Waals surface area contributed by atoms with Crippen LogP contribution < -0.4 is 5.73 Å². The minimum absolute atomic E-state index is 0.282. The standard InChI is InChI=1S/C12H20N2O3S/c1-5-12(13,6-2)11-14-8(7-16-3)9(18-11)10(15)17-4/h5-7,13H2,1-4H3. The van der Waals surface area contributed by atoms with Crippen LogP contribution in [0.4, 0.5) is 0 Å². The summed E-state index contributed by atoms with van der Waals surface area (Å²) in [7, 11) is 2.92. The van der Waals surface area contributed by atoms with Crippen LogP contribution >= 0.6 is 11.3 Å². The Balaban J connectivity index is 3.20. The Morgan fingerprint density at radius 2 is 2.00 bits per heavy atom. The molecule has 18 heavy (non-hydrogen) atoms.